The molecule has 0 aliphatic carbocycles. The van der Waals surface area contributed by atoms with Crippen LogP contribution in [0.4, 0.5) is 0 Å². The summed E-state index contributed by atoms with van der Waals surface area (Å²) in [6, 6.07) is 4.99. The first kappa shape index (κ1) is 13.6. The molecule has 6 heteroatoms. The van der Waals surface area contributed by atoms with E-state index in [0.717, 1.165) is 3.57 Å². The third-order valence-corrected chi connectivity index (χ3v) is 2.56. The van der Waals surface area contributed by atoms with Crippen LogP contribution in [0.3, 0.4) is 0 Å². The van der Waals surface area contributed by atoms with Crippen molar-refractivity contribution in [2.24, 2.45) is 0 Å². The van der Waals surface area contributed by atoms with Crippen LogP contribution < -0.4 is 3.07 Å². The van der Waals surface area contributed by atoms with Gasteiger partial charge in [0, 0.05) is 19.5 Å². The SMILES string of the molecule is O=C(O)c1cccc(I)c1OI.[Zn]. The zero-order valence-electron chi connectivity index (χ0n) is 6.46. The summed E-state index contributed by atoms with van der Waals surface area (Å²) in [6.45, 7) is 0. The van der Waals surface area contributed by atoms with Gasteiger partial charge >= 0.3 is 5.97 Å². The van der Waals surface area contributed by atoms with Crippen LogP contribution in [0.5, 0.6) is 5.75 Å². The molecule has 0 fully saturated rings. The minimum absolute atomic E-state index is 0. The first-order valence-corrected chi connectivity index (χ1v) is 4.93. The van der Waals surface area contributed by atoms with Crippen LogP contribution in [0.2, 0.25) is 0 Å². The largest absolute Gasteiger partial charge is 0.478 e. The van der Waals surface area contributed by atoms with Gasteiger partial charge in [-0.25, -0.2) is 4.79 Å². The van der Waals surface area contributed by atoms with Crippen LogP contribution in [-0.4, -0.2) is 11.1 Å². The number of carboxylic acid groups (broad SMARTS) is 1. The van der Waals surface area contributed by atoms with Crippen molar-refractivity contribution < 1.29 is 32.4 Å². The second kappa shape index (κ2) is 6.13. The molecular formula is C7H4I2O3Zn. The maximum absolute atomic E-state index is 10.6. The summed E-state index contributed by atoms with van der Waals surface area (Å²) in [5.41, 5.74) is 0.191. The van der Waals surface area contributed by atoms with E-state index < -0.39 is 5.97 Å². The van der Waals surface area contributed by atoms with Gasteiger partial charge in [-0.1, -0.05) is 6.07 Å². The van der Waals surface area contributed by atoms with E-state index in [1.807, 2.05) is 22.6 Å². The second-order valence-corrected chi connectivity index (χ2v) is 3.60. The average Bonchev–Trinajstić information content (AvgIpc) is 2.03. The first-order valence-electron chi connectivity index (χ1n) is 2.97. The second-order valence-electron chi connectivity index (χ2n) is 2.00. The van der Waals surface area contributed by atoms with Crippen molar-refractivity contribution in [3.05, 3.63) is 27.3 Å². The smallest absolute Gasteiger partial charge is 0.339 e. The van der Waals surface area contributed by atoms with Gasteiger partial charge in [0.05, 0.1) is 3.57 Å². The number of hydrogen-bond donors (Lipinski definition) is 1. The molecule has 0 heterocycles. The zero-order chi connectivity index (χ0) is 9.14. The fraction of sp³-hybridized carbons (Fsp3) is 0. The average molecular weight is 455 g/mol. The molecule has 1 aromatic carbocycles. The van der Waals surface area contributed by atoms with Gasteiger partial charge in [0.15, 0.2) is 28.8 Å². The maximum Gasteiger partial charge on any atom is 0.339 e. The summed E-state index contributed by atoms with van der Waals surface area (Å²) in [6.07, 6.45) is 0. The van der Waals surface area contributed by atoms with Crippen LogP contribution >= 0.6 is 45.6 Å². The molecule has 66 valence electrons. The monoisotopic (exact) mass is 454 g/mol. The van der Waals surface area contributed by atoms with Crippen molar-refractivity contribution in [3.8, 4) is 5.75 Å². The van der Waals surface area contributed by atoms with E-state index in [4.69, 9.17) is 8.17 Å². The Bertz CT molecular complexity index is 317. The summed E-state index contributed by atoms with van der Waals surface area (Å²) in [4.78, 5) is 10.6. The fourth-order valence-corrected chi connectivity index (χ4v) is 2.26. The predicted molar refractivity (Wildman–Crippen MR) is 60.8 cm³/mol. The van der Waals surface area contributed by atoms with Crippen molar-refractivity contribution in [2.75, 3.05) is 0 Å². The number of carbonyl (C=O) groups is 1. The third-order valence-electron chi connectivity index (χ3n) is 1.27. The number of para-hydroxylation sites is 1. The van der Waals surface area contributed by atoms with Gasteiger partial charge in [0.25, 0.3) is 0 Å². The molecule has 0 radical (unpaired) electrons. The molecule has 0 aliphatic heterocycles. The van der Waals surface area contributed by atoms with Crippen LogP contribution in [0.15, 0.2) is 18.2 Å². The number of aromatic carboxylic acids is 1. The van der Waals surface area contributed by atoms with E-state index in [1.165, 1.54) is 6.07 Å². The predicted octanol–water partition coefficient (Wildman–Crippen LogP) is 2.72. The van der Waals surface area contributed by atoms with Crippen molar-refractivity contribution in [1.82, 2.24) is 0 Å². The molecule has 1 rings (SSSR count). The Kier molecular flexibility index (Phi) is 6.40. The van der Waals surface area contributed by atoms with Crippen molar-refractivity contribution in [3.63, 3.8) is 0 Å². The summed E-state index contributed by atoms with van der Waals surface area (Å²) in [5, 5.41) is 8.73. The van der Waals surface area contributed by atoms with Gasteiger partial charge in [-0.05, 0) is 34.7 Å². The molecular weight excluding hydrogens is 451 g/mol. The Labute approximate surface area is 116 Å². The van der Waals surface area contributed by atoms with Gasteiger partial charge in [0.2, 0.25) is 0 Å². The minimum atomic E-state index is -0.972. The molecule has 0 spiro atoms. The van der Waals surface area contributed by atoms with E-state index in [0.29, 0.717) is 5.75 Å². The van der Waals surface area contributed by atoms with Crippen molar-refractivity contribution in [1.29, 1.82) is 0 Å². The molecule has 0 unspecified atom stereocenters. The molecule has 0 bridgehead atoms. The molecule has 1 aromatic rings. The van der Waals surface area contributed by atoms with E-state index in [2.05, 4.69) is 0 Å². The van der Waals surface area contributed by atoms with Gasteiger partial charge in [-0.3, -0.25) is 0 Å². The molecule has 0 aliphatic rings. The Morgan fingerprint density at radius 2 is 2.08 bits per heavy atom. The van der Waals surface area contributed by atoms with Gasteiger partial charge in [-0.2, -0.15) is 0 Å². The van der Waals surface area contributed by atoms with Crippen LogP contribution in [-0.2, 0) is 19.5 Å². The Morgan fingerprint density at radius 1 is 1.46 bits per heavy atom. The van der Waals surface area contributed by atoms with Crippen LogP contribution in [0.1, 0.15) is 10.4 Å². The first-order chi connectivity index (χ1) is 5.66. The molecule has 0 saturated carbocycles. The van der Waals surface area contributed by atoms with E-state index in [-0.39, 0.29) is 25.0 Å². The fourth-order valence-electron chi connectivity index (χ4n) is 0.756. The van der Waals surface area contributed by atoms with Gasteiger partial charge in [0.1, 0.15) is 5.56 Å². The zero-order valence-corrected chi connectivity index (χ0v) is 13.7. The topological polar surface area (TPSA) is 46.5 Å². The quantitative estimate of drug-likeness (QED) is 0.551. The Morgan fingerprint density at radius 3 is 2.46 bits per heavy atom. The van der Waals surface area contributed by atoms with Gasteiger partial charge in [-0.15, -0.1) is 0 Å². The number of carboxylic acids is 1. The molecule has 3 nitrogen and oxygen atoms in total. The summed E-state index contributed by atoms with van der Waals surface area (Å²) >= 11 is 3.70. The molecule has 0 aromatic heterocycles. The summed E-state index contributed by atoms with van der Waals surface area (Å²) < 4.78 is 5.71. The van der Waals surface area contributed by atoms with E-state index in [1.54, 1.807) is 35.1 Å². The standard InChI is InChI=1S/C7H4I2O3.Zn/c8-5-3-1-2-4(7(10)11)6(5)12-9;/h1-3H,(H,10,11);. The third kappa shape index (κ3) is 3.32. The number of halogens is 2. The summed E-state index contributed by atoms with van der Waals surface area (Å²) in [5.74, 6) is -0.564. The molecule has 0 amide bonds. The van der Waals surface area contributed by atoms with Crippen LogP contribution in [0, 0.1) is 3.57 Å². The molecule has 1 N–H and O–H groups in total. The number of rotatable bonds is 2. The maximum atomic E-state index is 10.6. The number of hydrogen-bond acceptors (Lipinski definition) is 2. The molecule has 0 atom stereocenters. The molecule has 13 heavy (non-hydrogen) atoms. The Balaban J connectivity index is 0.00000144. The van der Waals surface area contributed by atoms with E-state index >= 15 is 0 Å². The Hall–Kier alpha value is 0.573. The van der Waals surface area contributed by atoms with Crippen molar-refractivity contribution >= 4 is 51.6 Å². The summed E-state index contributed by atoms with van der Waals surface area (Å²) in [7, 11) is 0. The van der Waals surface area contributed by atoms with Crippen molar-refractivity contribution in [2.45, 2.75) is 0 Å². The minimum Gasteiger partial charge on any atom is -0.478 e. The normalized spacial score (nSPS) is 8.77. The van der Waals surface area contributed by atoms with Crippen LogP contribution in [0.25, 0.3) is 0 Å². The van der Waals surface area contributed by atoms with Gasteiger partial charge < -0.3 is 8.17 Å². The number of benzene rings is 1. The molecule has 0 saturated heterocycles. The van der Waals surface area contributed by atoms with E-state index in [9.17, 15) is 4.79 Å².